The summed E-state index contributed by atoms with van der Waals surface area (Å²) in [6, 6.07) is 0. The fraction of sp³-hybridized carbons (Fsp3) is 1.00. The molecule has 2 aliphatic rings. The Morgan fingerprint density at radius 3 is 2.19 bits per heavy atom. The van der Waals surface area contributed by atoms with Crippen molar-refractivity contribution in [3.8, 4) is 0 Å². The molecule has 2 aliphatic carbocycles. The molecular weight excluding hydrogens is 194 g/mol. The highest BCUT2D eigenvalue weighted by Gasteiger charge is 2.41. The Kier molecular flexibility index (Phi) is 3.36. The van der Waals surface area contributed by atoms with Gasteiger partial charge in [0.2, 0.25) is 0 Å². The summed E-state index contributed by atoms with van der Waals surface area (Å²) in [5.41, 5.74) is 7.45. The number of hydrogen-bond acceptors (Lipinski definition) is 1. The molecule has 0 aromatic rings. The lowest BCUT2D eigenvalue weighted by Gasteiger charge is -2.48. The molecule has 0 aromatic heterocycles. The standard InChI is InChI=1S/C15H29N/c1-12-5-4-6-13(11-12)15(16)9-7-14(2,3)8-10-15/h12-13H,4-11,16H2,1-3H3. The highest BCUT2D eigenvalue weighted by Crippen LogP contribution is 2.46. The first-order chi connectivity index (χ1) is 7.41. The van der Waals surface area contributed by atoms with Crippen LogP contribution in [0.15, 0.2) is 0 Å². The van der Waals surface area contributed by atoms with Crippen LogP contribution in [0.5, 0.6) is 0 Å². The van der Waals surface area contributed by atoms with Gasteiger partial charge in [0, 0.05) is 5.54 Å². The third kappa shape index (κ3) is 2.61. The molecule has 0 bridgehead atoms. The molecule has 0 radical (unpaired) electrons. The van der Waals surface area contributed by atoms with Crippen molar-refractivity contribution in [3.05, 3.63) is 0 Å². The van der Waals surface area contributed by atoms with Crippen LogP contribution in [0.1, 0.15) is 72.1 Å². The molecule has 16 heavy (non-hydrogen) atoms. The summed E-state index contributed by atoms with van der Waals surface area (Å²) in [7, 11) is 0. The van der Waals surface area contributed by atoms with Gasteiger partial charge in [0.1, 0.15) is 0 Å². The molecule has 1 nitrogen and oxygen atoms in total. The lowest BCUT2D eigenvalue weighted by atomic mass is 9.61. The van der Waals surface area contributed by atoms with Gasteiger partial charge in [-0.15, -0.1) is 0 Å². The predicted octanol–water partition coefficient (Wildman–Crippen LogP) is 4.11. The smallest absolute Gasteiger partial charge is 0.0183 e. The second-order valence-electron chi connectivity index (χ2n) is 7.37. The second-order valence-corrected chi connectivity index (χ2v) is 7.37. The molecule has 2 unspecified atom stereocenters. The Labute approximate surface area is 101 Å². The summed E-state index contributed by atoms with van der Waals surface area (Å²) >= 11 is 0. The maximum atomic E-state index is 6.72. The van der Waals surface area contributed by atoms with E-state index in [1.54, 1.807) is 0 Å². The average Bonchev–Trinajstić information content (AvgIpc) is 2.23. The largest absolute Gasteiger partial charge is 0.325 e. The maximum absolute atomic E-state index is 6.72. The van der Waals surface area contributed by atoms with Crippen LogP contribution in [0, 0.1) is 17.3 Å². The highest BCUT2D eigenvalue weighted by atomic mass is 14.8. The molecule has 1 heteroatoms. The molecule has 2 fully saturated rings. The Bertz CT molecular complexity index is 234. The van der Waals surface area contributed by atoms with Crippen LogP contribution in [0.4, 0.5) is 0 Å². The minimum Gasteiger partial charge on any atom is -0.325 e. The molecule has 0 aromatic carbocycles. The lowest BCUT2D eigenvalue weighted by molar-refractivity contribution is 0.0841. The molecule has 2 saturated carbocycles. The Morgan fingerprint density at radius 1 is 1.00 bits per heavy atom. The lowest BCUT2D eigenvalue weighted by Crippen LogP contribution is -2.52. The molecule has 94 valence electrons. The van der Waals surface area contributed by atoms with Gasteiger partial charge in [0.15, 0.2) is 0 Å². The van der Waals surface area contributed by atoms with Crippen LogP contribution in [-0.2, 0) is 0 Å². The molecular formula is C15H29N. The van der Waals surface area contributed by atoms with Crippen molar-refractivity contribution in [1.29, 1.82) is 0 Å². The Balaban J connectivity index is 1.97. The van der Waals surface area contributed by atoms with Gasteiger partial charge in [0.05, 0.1) is 0 Å². The summed E-state index contributed by atoms with van der Waals surface area (Å²) < 4.78 is 0. The van der Waals surface area contributed by atoms with E-state index < -0.39 is 0 Å². The first kappa shape index (κ1) is 12.4. The van der Waals surface area contributed by atoms with E-state index in [4.69, 9.17) is 5.73 Å². The van der Waals surface area contributed by atoms with Crippen LogP contribution in [-0.4, -0.2) is 5.54 Å². The number of rotatable bonds is 1. The minimum atomic E-state index is 0.185. The summed E-state index contributed by atoms with van der Waals surface area (Å²) in [5, 5.41) is 0. The number of hydrogen-bond donors (Lipinski definition) is 1. The SMILES string of the molecule is CC1CCCC(C2(N)CCC(C)(C)CC2)C1. The number of nitrogens with two attached hydrogens (primary N) is 1. The Hall–Kier alpha value is -0.0400. The summed E-state index contributed by atoms with van der Waals surface area (Å²) in [6.07, 6.45) is 10.8. The topological polar surface area (TPSA) is 26.0 Å². The fourth-order valence-electron chi connectivity index (χ4n) is 3.76. The maximum Gasteiger partial charge on any atom is 0.0183 e. The first-order valence-electron chi connectivity index (χ1n) is 7.20. The summed E-state index contributed by atoms with van der Waals surface area (Å²) in [4.78, 5) is 0. The molecule has 0 amide bonds. The van der Waals surface area contributed by atoms with Crippen LogP contribution in [0.25, 0.3) is 0 Å². The van der Waals surface area contributed by atoms with Crippen molar-refractivity contribution in [2.45, 2.75) is 77.7 Å². The van der Waals surface area contributed by atoms with E-state index in [0.29, 0.717) is 5.41 Å². The van der Waals surface area contributed by atoms with E-state index >= 15 is 0 Å². The van der Waals surface area contributed by atoms with Crippen molar-refractivity contribution in [2.75, 3.05) is 0 Å². The molecule has 0 saturated heterocycles. The summed E-state index contributed by atoms with van der Waals surface area (Å²) in [6.45, 7) is 7.20. The van der Waals surface area contributed by atoms with E-state index in [0.717, 1.165) is 11.8 Å². The quantitative estimate of drug-likeness (QED) is 0.711. The van der Waals surface area contributed by atoms with E-state index in [1.807, 2.05) is 0 Å². The summed E-state index contributed by atoms with van der Waals surface area (Å²) in [5.74, 6) is 1.72. The fourth-order valence-corrected chi connectivity index (χ4v) is 3.76. The zero-order chi connectivity index (χ0) is 11.8. The predicted molar refractivity (Wildman–Crippen MR) is 70.3 cm³/mol. The van der Waals surface area contributed by atoms with Gasteiger partial charge in [-0.1, -0.05) is 33.6 Å². The normalized spacial score (nSPS) is 38.2. The van der Waals surface area contributed by atoms with Crippen molar-refractivity contribution in [2.24, 2.45) is 23.0 Å². The van der Waals surface area contributed by atoms with Crippen LogP contribution >= 0.6 is 0 Å². The van der Waals surface area contributed by atoms with Gasteiger partial charge in [-0.05, 0) is 55.8 Å². The van der Waals surface area contributed by atoms with Gasteiger partial charge >= 0.3 is 0 Å². The van der Waals surface area contributed by atoms with Crippen LogP contribution in [0.3, 0.4) is 0 Å². The van der Waals surface area contributed by atoms with E-state index in [9.17, 15) is 0 Å². The highest BCUT2D eigenvalue weighted by molar-refractivity contribution is 4.98. The first-order valence-corrected chi connectivity index (χ1v) is 7.20. The monoisotopic (exact) mass is 223 g/mol. The van der Waals surface area contributed by atoms with E-state index in [-0.39, 0.29) is 5.54 Å². The third-order valence-electron chi connectivity index (χ3n) is 5.28. The van der Waals surface area contributed by atoms with Gasteiger partial charge in [-0.25, -0.2) is 0 Å². The van der Waals surface area contributed by atoms with Gasteiger partial charge in [-0.3, -0.25) is 0 Å². The van der Waals surface area contributed by atoms with Crippen molar-refractivity contribution >= 4 is 0 Å². The van der Waals surface area contributed by atoms with Crippen molar-refractivity contribution in [3.63, 3.8) is 0 Å². The molecule has 2 rings (SSSR count). The van der Waals surface area contributed by atoms with Crippen LogP contribution < -0.4 is 5.73 Å². The van der Waals surface area contributed by atoms with Gasteiger partial charge in [-0.2, -0.15) is 0 Å². The molecule has 2 N–H and O–H groups in total. The van der Waals surface area contributed by atoms with E-state index in [2.05, 4.69) is 20.8 Å². The molecule has 0 heterocycles. The second kappa shape index (κ2) is 4.33. The van der Waals surface area contributed by atoms with Gasteiger partial charge in [0.25, 0.3) is 0 Å². The third-order valence-corrected chi connectivity index (χ3v) is 5.28. The van der Waals surface area contributed by atoms with Crippen molar-refractivity contribution in [1.82, 2.24) is 0 Å². The van der Waals surface area contributed by atoms with E-state index in [1.165, 1.54) is 51.4 Å². The zero-order valence-corrected chi connectivity index (χ0v) is 11.4. The van der Waals surface area contributed by atoms with Gasteiger partial charge < -0.3 is 5.73 Å². The zero-order valence-electron chi connectivity index (χ0n) is 11.4. The van der Waals surface area contributed by atoms with Crippen LogP contribution in [0.2, 0.25) is 0 Å². The Morgan fingerprint density at radius 2 is 1.62 bits per heavy atom. The van der Waals surface area contributed by atoms with Crippen molar-refractivity contribution < 1.29 is 0 Å². The molecule has 2 atom stereocenters. The molecule has 0 aliphatic heterocycles. The molecule has 0 spiro atoms. The average molecular weight is 223 g/mol. The minimum absolute atomic E-state index is 0.185.